The van der Waals surface area contributed by atoms with E-state index in [1.807, 2.05) is 72.8 Å². The Morgan fingerprint density at radius 3 is 2.23 bits per heavy atom. The van der Waals surface area contributed by atoms with Crippen LogP contribution in [-0.4, -0.2) is 5.91 Å². The van der Waals surface area contributed by atoms with Crippen molar-refractivity contribution in [1.29, 1.82) is 0 Å². The molecule has 0 N–H and O–H groups in total. The van der Waals surface area contributed by atoms with Crippen LogP contribution in [0.1, 0.15) is 6.92 Å². The first kappa shape index (κ1) is 14.1. The zero-order chi connectivity index (χ0) is 15.5. The van der Waals surface area contributed by atoms with Gasteiger partial charge in [-0.25, -0.2) is 0 Å². The van der Waals surface area contributed by atoms with Crippen molar-refractivity contribution >= 4 is 28.1 Å². The number of anilines is 2. The van der Waals surface area contributed by atoms with Crippen LogP contribution in [0.4, 0.5) is 11.4 Å². The third-order valence-electron chi connectivity index (χ3n) is 3.59. The second-order valence-electron chi connectivity index (χ2n) is 5.25. The number of hydrogen-bond donors (Lipinski definition) is 0. The van der Waals surface area contributed by atoms with Crippen LogP contribution in [0.2, 0.25) is 0 Å². The molecule has 0 aromatic heterocycles. The summed E-state index contributed by atoms with van der Waals surface area (Å²) < 4.78 is 0. The Kier molecular flexibility index (Phi) is 3.75. The normalized spacial score (nSPS) is 10.4. The maximum Gasteiger partial charge on any atom is 0.257 e. The number of carbonyl (C=O) groups excluding carboxylic acids is 1. The van der Waals surface area contributed by atoms with Crippen LogP contribution in [0.3, 0.4) is 0 Å². The van der Waals surface area contributed by atoms with Crippen molar-refractivity contribution in [3.63, 3.8) is 0 Å². The lowest BCUT2D eigenvalue weighted by atomic mass is 10.1. The lowest BCUT2D eigenvalue weighted by Crippen LogP contribution is -2.26. The lowest BCUT2D eigenvalue weighted by Gasteiger charge is -2.24. The fraction of sp³-hybridized carbons (Fsp3) is 0.0500. The Morgan fingerprint density at radius 2 is 1.50 bits per heavy atom. The predicted octanol–water partition coefficient (Wildman–Crippen LogP) is 5.08. The third kappa shape index (κ3) is 2.51. The second kappa shape index (κ2) is 5.86. The first-order chi connectivity index (χ1) is 10.7. The Bertz CT molecular complexity index is 831. The van der Waals surface area contributed by atoms with Crippen LogP contribution in [0.25, 0.3) is 10.8 Å². The molecule has 3 rings (SSSR count). The Morgan fingerprint density at radius 1 is 0.864 bits per heavy atom. The van der Waals surface area contributed by atoms with Gasteiger partial charge in [0, 0.05) is 16.6 Å². The molecule has 2 heteroatoms. The highest BCUT2D eigenvalue weighted by Crippen LogP contribution is 2.33. The third-order valence-corrected chi connectivity index (χ3v) is 3.59. The summed E-state index contributed by atoms with van der Waals surface area (Å²) in [5.41, 5.74) is 2.22. The highest BCUT2D eigenvalue weighted by atomic mass is 16.2. The van der Waals surface area contributed by atoms with Crippen molar-refractivity contribution in [3.8, 4) is 0 Å². The molecule has 3 aromatic rings. The SMILES string of the molecule is C=C(C)C(=O)N(c1ccccc1)c1cccc2ccccc12. The van der Waals surface area contributed by atoms with Crippen molar-refractivity contribution < 1.29 is 4.79 Å². The molecule has 0 saturated heterocycles. The molecule has 0 unspecified atom stereocenters. The summed E-state index contributed by atoms with van der Waals surface area (Å²) in [5.74, 6) is -0.0949. The number of carbonyl (C=O) groups is 1. The summed E-state index contributed by atoms with van der Waals surface area (Å²) in [4.78, 5) is 14.4. The van der Waals surface area contributed by atoms with E-state index in [2.05, 4.69) is 6.58 Å². The first-order valence-corrected chi connectivity index (χ1v) is 7.21. The van der Waals surface area contributed by atoms with E-state index in [4.69, 9.17) is 0 Å². The average molecular weight is 287 g/mol. The molecule has 0 radical (unpaired) electrons. The molecule has 1 amide bonds. The van der Waals surface area contributed by atoms with E-state index in [9.17, 15) is 4.79 Å². The van der Waals surface area contributed by atoms with Gasteiger partial charge in [-0.3, -0.25) is 9.69 Å². The van der Waals surface area contributed by atoms with E-state index in [-0.39, 0.29) is 5.91 Å². The van der Waals surface area contributed by atoms with Crippen LogP contribution < -0.4 is 4.90 Å². The molecule has 0 heterocycles. The molecule has 0 aliphatic heterocycles. The predicted molar refractivity (Wildman–Crippen MR) is 92.4 cm³/mol. The minimum absolute atomic E-state index is 0.0949. The fourth-order valence-corrected chi connectivity index (χ4v) is 2.54. The van der Waals surface area contributed by atoms with Gasteiger partial charge in [0.15, 0.2) is 0 Å². The van der Waals surface area contributed by atoms with Crippen molar-refractivity contribution in [2.75, 3.05) is 4.90 Å². The van der Waals surface area contributed by atoms with Gasteiger partial charge in [-0.1, -0.05) is 61.2 Å². The topological polar surface area (TPSA) is 20.3 Å². The van der Waals surface area contributed by atoms with Gasteiger partial charge in [-0.05, 0) is 30.5 Å². The van der Waals surface area contributed by atoms with Crippen LogP contribution in [0.15, 0.2) is 84.9 Å². The standard InChI is InChI=1S/C20H17NO/c1-15(2)20(22)21(17-11-4-3-5-12-17)19-14-8-10-16-9-6-7-13-18(16)19/h3-14H,1H2,2H3. The van der Waals surface area contributed by atoms with E-state index < -0.39 is 0 Å². The van der Waals surface area contributed by atoms with E-state index in [1.54, 1.807) is 11.8 Å². The first-order valence-electron chi connectivity index (χ1n) is 7.21. The smallest absolute Gasteiger partial charge is 0.257 e. The van der Waals surface area contributed by atoms with Crippen LogP contribution >= 0.6 is 0 Å². The number of fused-ring (bicyclic) bond motifs is 1. The van der Waals surface area contributed by atoms with Crippen LogP contribution in [0, 0.1) is 0 Å². The van der Waals surface area contributed by atoms with E-state index in [0.29, 0.717) is 5.57 Å². The van der Waals surface area contributed by atoms with Crippen LogP contribution in [-0.2, 0) is 4.79 Å². The van der Waals surface area contributed by atoms with E-state index in [1.165, 1.54) is 0 Å². The Hall–Kier alpha value is -2.87. The zero-order valence-corrected chi connectivity index (χ0v) is 12.5. The molecule has 0 fully saturated rings. The van der Waals surface area contributed by atoms with Crippen molar-refractivity contribution in [2.45, 2.75) is 6.92 Å². The van der Waals surface area contributed by atoms with Gasteiger partial charge in [0.1, 0.15) is 0 Å². The van der Waals surface area contributed by atoms with Crippen molar-refractivity contribution in [1.82, 2.24) is 0 Å². The van der Waals surface area contributed by atoms with E-state index >= 15 is 0 Å². The second-order valence-corrected chi connectivity index (χ2v) is 5.25. The Balaban J connectivity index is 2.25. The number of nitrogens with zero attached hydrogens (tertiary/aromatic N) is 1. The van der Waals surface area contributed by atoms with Gasteiger partial charge in [0.25, 0.3) is 5.91 Å². The van der Waals surface area contributed by atoms with Gasteiger partial charge in [-0.15, -0.1) is 0 Å². The summed E-state index contributed by atoms with van der Waals surface area (Å²) in [6.45, 7) is 5.56. The van der Waals surface area contributed by atoms with Gasteiger partial charge >= 0.3 is 0 Å². The number of amides is 1. The van der Waals surface area contributed by atoms with Crippen molar-refractivity contribution in [3.05, 3.63) is 84.9 Å². The molecule has 0 bridgehead atoms. The largest absolute Gasteiger partial charge is 0.277 e. The lowest BCUT2D eigenvalue weighted by molar-refractivity contribution is -0.114. The number of para-hydroxylation sites is 1. The van der Waals surface area contributed by atoms with Gasteiger partial charge in [0.05, 0.1) is 5.69 Å². The molecule has 0 spiro atoms. The monoisotopic (exact) mass is 287 g/mol. The molecule has 3 aromatic carbocycles. The number of rotatable bonds is 3. The summed E-state index contributed by atoms with van der Waals surface area (Å²) in [6.07, 6.45) is 0. The molecular formula is C20H17NO. The maximum atomic E-state index is 12.7. The highest BCUT2D eigenvalue weighted by Gasteiger charge is 2.20. The van der Waals surface area contributed by atoms with Gasteiger partial charge < -0.3 is 0 Å². The molecular weight excluding hydrogens is 270 g/mol. The molecule has 2 nitrogen and oxygen atoms in total. The maximum absolute atomic E-state index is 12.7. The summed E-state index contributed by atoms with van der Waals surface area (Å²) in [6, 6.07) is 23.7. The highest BCUT2D eigenvalue weighted by molar-refractivity contribution is 6.14. The van der Waals surface area contributed by atoms with E-state index in [0.717, 1.165) is 22.1 Å². The van der Waals surface area contributed by atoms with Crippen LogP contribution in [0.5, 0.6) is 0 Å². The summed E-state index contributed by atoms with van der Waals surface area (Å²) in [5, 5.41) is 2.15. The molecule has 22 heavy (non-hydrogen) atoms. The fourth-order valence-electron chi connectivity index (χ4n) is 2.54. The Labute approximate surface area is 130 Å². The average Bonchev–Trinajstić information content (AvgIpc) is 2.56. The summed E-state index contributed by atoms with van der Waals surface area (Å²) in [7, 11) is 0. The molecule has 0 aliphatic rings. The van der Waals surface area contributed by atoms with Gasteiger partial charge in [-0.2, -0.15) is 0 Å². The van der Waals surface area contributed by atoms with Crippen molar-refractivity contribution in [2.24, 2.45) is 0 Å². The summed E-state index contributed by atoms with van der Waals surface area (Å²) >= 11 is 0. The quantitative estimate of drug-likeness (QED) is 0.615. The zero-order valence-electron chi connectivity index (χ0n) is 12.5. The molecule has 0 saturated carbocycles. The minimum atomic E-state index is -0.0949. The molecule has 0 atom stereocenters. The number of benzene rings is 3. The minimum Gasteiger partial charge on any atom is -0.277 e. The number of hydrogen-bond acceptors (Lipinski definition) is 1. The molecule has 108 valence electrons. The van der Waals surface area contributed by atoms with Gasteiger partial charge in [0.2, 0.25) is 0 Å². The molecule has 0 aliphatic carbocycles.